The number of amides is 1. The number of carbonyl (C=O) groups is 1. The molecule has 0 bridgehead atoms. The number of fused-ring (bicyclic) bond motifs is 3. The lowest BCUT2D eigenvalue weighted by Crippen LogP contribution is -2.45. The minimum atomic E-state index is -0.852. The van der Waals surface area contributed by atoms with Crippen LogP contribution in [0.3, 0.4) is 0 Å². The molecule has 0 fully saturated rings. The summed E-state index contributed by atoms with van der Waals surface area (Å²) < 4.78 is 5.28. The van der Waals surface area contributed by atoms with Crippen LogP contribution in [0.15, 0.2) is 114 Å². The first-order valence-corrected chi connectivity index (χ1v) is 16.6. The molecular formula is C38H39N3O3S. The third-order valence-electron chi connectivity index (χ3n) is 8.64. The number of unbranched alkanes of at least 4 members (excludes halogenated alkanes) is 2. The molecule has 7 heteroatoms. The van der Waals surface area contributed by atoms with E-state index in [2.05, 4.69) is 52.0 Å². The minimum absolute atomic E-state index is 0.0674. The van der Waals surface area contributed by atoms with E-state index in [1.807, 2.05) is 66.7 Å². The highest BCUT2D eigenvalue weighted by molar-refractivity contribution is 8.13. The van der Waals surface area contributed by atoms with Gasteiger partial charge < -0.3 is 20.5 Å². The van der Waals surface area contributed by atoms with Gasteiger partial charge in [-0.15, -0.1) is 0 Å². The molecule has 4 aromatic rings. The number of methoxy groups -OCH3 is 1. The molecule has 0 radical (unpaired) electrons. The quantitative estimate of drug-likeness (QED) is 0.150. The number of carbonyl (C=O) groups excluding carboxylic acids is 1. The van der Waals surface area contributed by atoms with Crippen molar-refractivity contribution in [1.29, 1.82) is 0 Å². The number of nitrogens with zero attached hydrogens (tertiary/aromatic N) is 1. The molecular weight excluding hydrogens is 579 g/mol. The molecule has 0 saturated carbocycles. The van der Waals surface area contributed by atoms with Gasteiger partial charge in [-0.25, -0.2) is 4.99 Å². The summed E-state index contributed by atoms with van der Waals surface area (Å²) in [6.07, 6.45) is 5.23. The number of aliphatic hydroxyl groups excluding tert-OH is 1. The molecule has 3 N–H and O–H groups in total. The Morgan fingerprint density at radius 3 is 2.24 bits per heavy atom. The molecule has 1 heterocycles. The summed E-state index contributed by atoms with van der Waals surface area (Å²) >= 11 is 1.63. The maximum Gasteiger partial charge on any atom is 0.235 e. The highest BCUT2D eigenvalue weighted by atomic mass is 32.2. The summed E-state index contributed by atoms with van der Waals surface area (Å²) in [5.74, 6) is 1.76. The van der Waals surface area contributed by atoms with Gasteiger partial charge in [-0.05, 0) is 70.9 Å². The Labute approximate surface area is 269 Å². The van der Waals surface area contributed by atoms with Crippen LogP contribution in [-0.2, 0) is 16.6 Å². The van der Waals surface area contributed by atoms with Gasteiger partial charge in [-0.1, -0.05) is 116 Å². The van der Waals surface area contributed by atoms with Crippen LogP contribution >= 0.6 is 11.8 Å². The van der Waals surface area contributed by atoms with Crippen LogP contribution in [0.2, 0.25) is 0 Å². The maximum absolute atomic E-state index is 14.3. The molecule has 4 aromatic carbocycles. The normalized spacial score (nSPS) is 16.1. The molecule has 1 atom stereocenters. The maximum atomic E-state index is 14.3. The lowest BCUT2D eigenvalue weighted by molar-refractivity contribution is -0.125. The van der Waals surface area contributed by atoms with E-state index in [9.17, 15) is 9.90 Å². The average molecular weight is 618 g/mol. The number of ether oxygens (including phenoxy) is 1. The van der Waals surface area contributed by atoms with Gasteiger partial charge in [0.05, 0.1) is 7.11 Å². The molecule has 6 rings (SSSR count). The third-order valence-corrected chi connectivity index (χ3v) is 9.61. The Hall–Kier alpha value is -4.33. The van der Waals surface area contributed by atoms with E-state index in [1.165, 1.54) is 0 Å². The van der Waals surface area contributed by atoms with Crippen molar-refractivity contribution < 1.29 is 14.6 Å². The number of hydrogen-bond donors (Lipinski definition) is 3. The van der Waals surface area contributed by atoms with Gasteiger partial charge in [0.15, 0.2) is 11.4 Å². The van der Waals surface area contributed by atoms with Gasteiger partial charge in [0.2, 0.25) is 5.91 Å². The SMILES string of the molecule is COc1ccc(CCNC(=O)C2(CCCCCSC3=NC(O)C=C(c4ccccc4)N3)c3ccccc3-c3ccccc32)cc1. The molecule has 2 aliphatic rings. The van der Waals surface area contributed by atoms with Crippen molar-refractivity contribution in [2.75, 3.05) is 19.4 Å². The number of aliphatic hydroxyl groups is 1. The summed E-state index contributed by atoms with van der Waals surface area (Å²) in [7, 11) is 1.66. The summed E-state index contributed by atoms with van der Waals surface area (Å²) in [5.41, 5.74) is 6.82. The number of nitrogens with one attached hydrogen (secondary N) is 2. The van der Waals surface area contributed by atoms with Crippen LogP contribution in [0.1, 0.15) is 47.9 Å². The molecule has 1 amide bonds. The van der Waals surface area contributed by atoms with E-state index in [0.717, 1.165) is 87.9 Å². The van der Waals surface area contributed by atoms with Crippen LogP contribution in [0, 0.1) is 0 Å². The van der Waals surface area contributed by atoms with Crippen LogP contribution in [0.5, 0.6) is 5.75 Å². The topological polar surface area (TPSA) is 83.0 Å². The molecule has 1 aliphatic carbocycles. The highest BCUT2D eigenvalue weighted by Crippen LogP contribution is 2.51. The van der Waals surface area contributed by atoms with Crippen molar-refractivity contribution >= 4 is 28.5 Å². The molecule has 45 heavy (non-hydrogen) atoms. The average Bonchev–Trinajstić information content (AvgIpc) is 3.37. The van der Waals surface area contributed by atoms with E-state index in [0.29, 0.717) is 6.54 Å². The first-order valence-electron chi connectivity index (χ1n) is 15.6. The lowest BCUT2D eigenvalue weighted by Gasteiger charge is -2.31. The van der Waals surface area contributed by atoms with Gasteiger partial charge in [0, 0.05) is 18.0 Å². The van der Waals surface area contributed by atoms with Crippen LogP contribution in [-0.4, -0.2) is 41.8 Å². The first-order chi connectivity index (χ1) is 22.1. The van der Waals surface area contributed by atoms with Crippen molar-refractivity contribution in [2.24, 2.45) is 4.99 Å². The molecule has 0 aromatic heterocycles. The fourth-order valence-corrected chi connectivity index (χ4v) is 7.32. The monoisotopic (exact) mass is 617 g/mol. The smallest absolute Gasteiger partial charge is 0.235 e. The third kappa shape index (κ3) is 6.70. The summed E-state index contributed by atoms with van der Waals surface area (Å²) in [6.45, 7) is 0.564. The molecule has 6 nitrogen and oxygen atoms in total. The second kappa shape index (κ2) is 14.2. The highest BCUT2D eigenvalue weighted by Gasteiger charge is 2.48. The number of benzene rings is 4. The Balaban J connectivity index is 1.10. The van der Waals surface area contributed by atoms with Gasteiger partial charge in [0.1, 0.15) is 11.2 Å². The zero-order valence-corrected chi connectivity index (χ0v) is 26.4. The predicted molar refractivity (Wildman–Crippen MR) is 184 cm³/mol. The molecule has 0 spiro atoms. The van der Waals surface area contributed by atoms with Crippen molar-refractivity contribution in [2.45, 2.75) is 43.7 Å². The fourth-order valence-electron chi connectivity index (χ4n) is 6.41. The number of hydrogen-bond acceptors (Lipinski definition) is 6. The van der Waals surface area contributed by atoms with Crippen molar-refractivity contribution in [3.8, 4) is 16.9 Å². The van der Waals surface area contributed by atoms with Crippen LogP contribution < -0.4 is 15.4 Å². The number of amidine groups is 1. The van der Waals surface area contributed by atoms with Crippen molar-refractivity contribution in [3.05, 3.63) is 131 Å². The lowest BCUT2D eigenvalue weighted by atomic mass is 9.73. The number of rotatable bonds is 12. The van der Waals surface area contributed by atoms with E-state index < -0.39 is 11.6 Å². The first kappa shape index (κ1) is 30.7. The van der Waals surface area contributed by atoms with E-state index in [-0.39, 0.29) is 5.91 Å². The molecule has 0 saturated heterocycles. The van der Waals surface area contributed by atoms with E-state index >= 15 is 0 Å². The number of aliphatic imine (C=N–C) groups is 1. The van der Waals surface area contributed by atoms with Crippen LogP contribution in [0.4, 0.5) is 0 Å². The summed E-state index contributed by atoms with van der Waals surface area (Å²) in [6, 6.07) is 34.7. The molecule has 1 unspecified atom stereocenters. The Kier molecular flexibility index (Phi) is 9.67. The Morgan fingerprint density at radius 2 is 1.56 bits per heavy atom. The molecule has 1 aliphatic heterocycles. The fraction of sp³-hybridized carbons (Fsp3) is 0.263. The van der Waals surface area contributed by atoms with Gasteiger partial charge in [-0.2, -0.15) is 0 Å². The largest absolute Gasteiger partial charge is 0.497 e. The van der Waals surface area contributed by atoms with Gasteiger partial charge in [0.25, 0.3) is 0 Å². The minimum Gasteiger partial charge on any atom is -0.497 e. The van der Waals surface area contributed by atoms with Crippen LogP contribution in [0.25, 0.3) is 16.8 Å². The van der Waals surface area contributed by atoms with E-state index in [1.54, 1.807) is 24.9 Å². The zero-order chi connectivity index (χ0) is 31.1. The molecule has 230 valence electrons. The van der Waals surface area contributed by atoms with Crippen molar-refractivity contribution in [3.63, 3.8) is 0 Å². The standard InChI is InChI=1S/C38H39N3O3S/c1-44-29-20-18-27(19-21-29)22-24-39-36(43)38(32-16-8-6-14-30(32)31-15-7-9-17-33(31)38)23-10-3-11-25-45-37-40-34(26-35(42)41-37)28-12-4-2-5-13-28/h2,4-9,12-21,26,35,42H,3,10-11,22-25H2,1H3,(H,39,43)(H,40,41). The summed E-state index contributed by atoms with van der Waals surface area (Å²) in [4.78, 5) is 18.7. The van der Waals surface area contributed by atoms with Gasteiger partial charge in [-0.3, -0.25) is 4.79 Å². The van der Waals surface area contributed by atoms with E-state index in [4.69, 9.17) is 4.74 Å². The Morgan fingerprint density at radius 1 is 0.889 bits per heavy atom. The second-order valence-electron chi connectivity index (χ2n) is 11.4. The van der Waals surface area contributed by atoms with Crippen molar-refractivity contribution in [1.82, 2.24) is 10.6 Å². The number of thioether (sulfide) groups is 1. The summed E-state index contributed by atoms with van der Waals surface area (Å²) in [5, 5.41) is 17.7. The predicted octanol–water partition coefficient (Wildman–Crippen LogP) is 6.93. The second-order valence-corrected chi connectivity index (χ2v) is 12.5. The Bertz CT molecular complexity index is 1640. The zero-order valence-electron chi connectivity index (χ0n) is 25.5. The van der Waals surface area contributed by atoms with Gasteiger partial charge >= 0.3 is 0 Å².